The summed E-state index contributed by atoms with van der Waals surface area (Å²) in [7, 11) is 1.66. The van der Waals surface area contributed by atoms with Crippen LogP contribution in [0, 0.1) is 0 Å². The maximum atomic E-state index is 11.4. The van der Waals surface area contributed by atoms with E-state index in [4.69, 9.17) is 16.3 Å². The quantitative estimate of drug-likeness (QED) is 0.730. The highest BCUT2D eigenvalue weighted by molar-refractivity contribution is 6.19. The second-order valence-corrected chi connectivity index (χ2v) is 4.21. The number of carbonyl (C=O) groups is 2. The summed E-state index contributed by atoms with van der Waals surface area (Å²) >= 11 is 5.38. The fourth-order valence-electron chi connectivity index (χ4n) is 1.78. The third kappa shape index (κ3) is 4.37. The molecule has 3 amide bonds. The third-order valence-electron chi connectivity index (χ3n) is 2.63. The molecule has 92 valence electrons. The van der Waals surface area contributed by atoms with Gasteiger partial charge in [0.05, 0.1) is 6.10 Å². The Balaban J connectivity index is 2.22. The van der Waals surface area contributed by atoms with Crippen LogP contribution in [0.1, 0.15) is 25.7 Å². The molecule has 0 bridgehead atoms. The lowest BCUT2D eigenvalue weighted by atomic mass is 10.2. The van der Waals surface area contributed by atoms with E-state index in [2.05, 4.69) is 10.6 Å². The van der Waals surface area contributed by atoms with E-state index in [0.29, 0.717) is 0 Å². The molecule has 0 aromatic heterocycles. The Morgan fingerprint density at radius 2 is 2.19 bits per heavy atom. The first kappa shape index (κ1) is 13.3. The number of rotatable bonds is 4. The molecule has 5 nitrogen and oxygen atoms in total. The van der Waals surface area contributed by atoms with Crippen LogP contribution in [0.3, 0.4) is 0 Å². The fourth-order valence-corrected chi connectivity index (χ4v) is 1.95. The van der Waals surface area contributed by atoms with E-state index < -0.39 is 6.03 Å². The van der Waals surface area contributed by atoms with Crippen LogP contribution in [0.5, 0.6) is 0 Å². The van der Waals surface area contributed by atoms with Gasteiger partial charge >= 0.3 is 6.03 Å². The molecule has 1 aliphatic carbocycles. The summed E-state index contributed by atoms with van der Waals surface area (Å²) < 4.78 is 5.19. The molecule has 1 aliphatic rings. The summed E-state index contributed by atoms with van der Waals surface area (Å²) in [5, 5.41) is 4.96. The predicted octanol–water partition coefficient (Wildman–Crippen LogP) is 1.01. The van der Waals surface area contributed by atoms with Crippen LogP contribution < -0.4 is 10.6 Å². The van der Waals surface area contributed by atoms with Gasteiger partial charge in [0.1, 0.15) is 0 Å². The molecular weight excluding hydrogens is 232 g/mol. The molecule has 0 heterocycles. The van der Waals surface area contributed by atoms with Crippen molar-refractivity contribution in [1.82, 2.24) is 10.6 Å². The maximum absolute atomic E-state index is 11.4. The van der Waals surface area contributed by atoms with Crippen LogP contribution in [-0.2, 0) is 9.53 Å². The monoisotopic (exact) mass is 248 g/mol. The number of urea groups is 1. The zero-order valence-electron chi connectivity index (χ0n) is 9.29. The van der Waals surface area contributed by atoms with Gasteiger partial charge in [0.25, 0.3) is 0 Å². The van der Waals surface area contributed by atoms with E-state index in [1.165, 1.54) is 0 Å². The molecule has 0 saturated heterocycles. The van der Waals surface area contributed by atoms with Crippen molar-refractivity contribution in [3.05, 3.63) is 0 Å². The van der Waals surface area contributed by atoms with Gasteiger partial charge in [0.2, 0.25) is 5.91 Å². The summed E-state index contributed by atoms with van der Waals surface area (Å²) in [5.74, 6) is -0.136. The Morgan fingerprint density at radius 3 is 2.75 bits per heavy atom. The van der Waals surface area contributed by atoms with Crippen molar-refractivity contribution in [2.75, 3.05) is 13.0 Å². The molecule has 1 fully saturated rings. The number of nitrogens with one attached hydrogen (secondary N) is 2. The normalized spacial score (nSPS) is 24.1. The van der Waals surface area contributed by atoms with Crippen LogP contribution in [0.2, 0.25) is 0 Å². The molecule has 6 heteroatoms. The maximum Gasteiger partial charge on any atom is 0.321 e. The number of imide groups is 1. The zero-order valence-corrected chi connectivity index (χ0v) is 10.0. The van der Waals surface area contributed by atoms with Crippen LogP contribution in [0.15, 0.2) is 0 Å². The highest BCUT2D eigenvalue weighted by Crippen LogP contribution is 2.21. The first-order valence-corrected chi connectivity index (χ1v) is 5.88. The summed E-state index contributed by atoms with van der Waals surface area (Å²) in [6, 6.07) is -0.356. The molecular formula is C10H17ClN2O3. The number of ether oxygens (including phenoxy) is 1. The fraction of sp³-hybridized carbons (Fsp3) is 0.800. The lowest BCUT2D eigenvalue weighted by Crippen LogP contribution is -2.43. The summed E-state index contributed by atoms with van der Waals surface area (Å²) in [4.78, 5) is 22.4. The smallest absolute Gasteiger partial charge is 0.321 e. The Kier molecular flexibility index (Phi) is 5.55. The Hall–Kier alpha value is -0.810. The van der Waals surface area contributed by atoms with E-state index in [0.717, 1.165) is 19.3 Å². The van der Waals surface area contributed by atoms with Gasteiger partial charge in [-0.25, -0.2) is 4.79 Å². The number of hydrogen-bond donors (Lipinski definition) is 2. The largest absolute Gasteiger partial charge is 0.381 e. The molecule has 2 atom stereocenters. The number of carbonyl (C=O) groups excluding carboxylic acids is 2. The first-order valence-electron chi connectivity index (χ1n) is 5.34. The molecule has 0 aromatic carbocycles. The van der Waals surface area contributed by atoms with Crippen molar-refractivity contribution in [3.8, 4) is 0 Å². The molecule has 1 saturated carbocycles. The van der Waals surface area contributed by atoms with Gasteiger partial charge in [-0.1, -0.05) is 0 Å². The second kappa shape index (κ2) is 6.70. The highest BCUT2D eigenvalue weighted by Gasteiger charge is 2.25. The van der Waals surface area contributed by atoms with E-state index in [1.807, 2.05) is 0 Å². The minimum absolute atomic E-state index is 0.0914. The number of halogens is 1. The number of alkyl halides is 1. The molecule has 2 N–H and O–H groups in total. The minimum atomic E-state index is -0.447. The Bertz CT molecular complexity index is 260. The van der Waals surface area contributed by atoms with Crippen molar-refractivity contribution >= 4 is 23.5 Å². The lowest BCUT2D eigenvalue weighted by molar-refractivity contribution is -0.119. The van der Waals surface area contributed by atoms with Crippen molar-refractivity contribution in [2.24, 2.45) is 0 Å². The summed E-state index contributed by atoms with van der Waals surface area (Å²) in [5.41, 5.74) is 0. The van der Waals surface area contributed by atoms with Gasteiger partial charge in [-0.15, -0.1) is 11.6 Å². The van der Waals surface area contributed by atoms with E-state index in [1.54, 1.807) is 7.11 Å². The van der Waals surface area contributed by atoms with E-state index in [-0.39, 0.29) is 30.4 Å². The summed E-state index contributed by atoms with van der Waals surface area (Å²) in [6.45, 7) is 0. The molecule has 16 heavy (non-hydrogen) atoms. The lowest BCUT2D eigenvalue weighted by Gasteiger charge is -2.12. The number of amides is 3. The Morgan fingerprint density at radius 1 is 1.44 bits per heavy atom. The van der Waals surface area contributed by atoms with Crippen molar-refractivity contribution < 1.29 is 14.3 Å². The van der Waals surface area contributed by atoms with Crippen molar-refractivity contribution in [3.63, 3.8) is 0 Å². The van der Waals surface area contributed by atoms with Crippen LogP contribution in [0.4, 0.5) is 4.79 Å². The average Bonchev–Trinajstić information content (AvgIpc) is 2.65. The van der Waals surface area contributed by atoms with Crippen molar-refractivity contribution in [1.29, 1.82) is 0 Å². The van der Waals surface area contributed by atoms with Gasteiger partial charge in [0.15, 0.2) is 0 Å². The predicted molar refractivity (Wildman–Crippen MR) is 60.4 cm³/mol. The standard InChI is InChI=1S/C10H17ClN2O3/c1-16-8-3-2-7(6-8)12-10(15)13-9(14)4-5-11/h7-8H,2-6H2,1H3,(H2,12,13,14,15). The Labute approximate surface area is 99.9 Å². The van der Waals surface area contributed by atoms with Gasteiger partial charge in [-0.3, -0.25) is 10.1 Å². The van der Waals surface area contributed by atoms with E-state index in [9.17, 15) is 9.59 Å². The molecule has 0 spiro atoms. The summed E-state index contributed by atoms with van der Waals surface area (Å²) in [6.07, 6.45) is 2.99. The van der Waals surface area contributed by atoms with E-state index >= 15 is 0 Å². The molecule has 0 radical (unpaired) electrons. The second-order valence-electron chi connectivity index (χ2n) is 3.83. The molecule has 0 aromatic rings. The third-order valence-corrected chi connectivity index (χ3v) is 2.82. The van der Waals surface area contributed by atoms with Crippen molar-refractivity contribution in [2.45, 2.75) is 37.8 Å². The minimum Gasteiger partial charge on any atom is -0.381 e. The average molecular weight is 249 g/mol. The van der Waals surface area contributed by atoms with Gasteiger partial charge in [0, 0.05) is 25.5 Å². The topological polar surface area (TPSA) is 67.4 Å². The first-order chi connectivity index (χ1) is 7.65. The van der Waals surface area contributed by atoms with Crippen LogP contribution in [0.25, 0.3) is 0 Å². The van der Waals surface area contributed by atoms with Crippen LogP contribution in [-0.4, -0.2) is 37.1 Å². The van der Waals surface area contributed by atoms with Gasteiger partial charge < -0.3 is 10.1 Å². The molecule has 0 aliphatic heterocycles. The highest BCUT2D eigenvalue weighted by atomic mass is 35.5. The molecule has 1 rings (SSSR count). The van der Waals surface area contributed by atoms with Crippen LogP contribution >= 0.6 is 11.6 Å². The number of hydrogen-bond acceptors (Lipinski definition) is 3. The number of methoxy groups -OCH3 is 1. The van der Waals surface area contributed by atoms with Gasteiger partial charge in [-0.2, -0.15) is 0 Å². The zero-order chi connectivity index (χ0) is 12.0. The molecule has 2 unspecified atom stereocenters. The van der Waals surface area contributed by atoms with Gasteiger partial charge in [-0.05, 0) is 19.3 Å². The SMILES string of the molecule is COC1CCC(NC(=O)NC(=O)CCCl)C1.